The van der Waals surface area contributed by atoms with Crippen LogP contribution in [0.15, 0.2) is 36.5 Å². The molecule has 0 aliphatic carbocycles. The van der Waals surface area contributed by atoms with Crippen LogP contribution >= 0.6 is 11.3 Å². The first-order valence-corrected chi connectivity index (χ1v) is 6.56. The number of rotatable bonds is 2. The van der Waals surface area contributed by atoms with Gasteiger partial charge in [-0.3, -0.25) is 0 Å². The molecule has 3 aromatic rings. The van der Waals surface area contributed by atoms with Crippen LogP contribution in [0.4, 0.5) is 11.5 Å². The number of nitriles is 1. The summed E-state index contributed by atoms with van der Waals surface area (Å²) in [7, 11) is 0. The zero-order valence-corrected chi connectivity index (χ0v) is 11.0. The van der Waals surface area contributed by atoms with Crippen LogP contribution in [0.2, 0.25) is 0 Å². The van der Waals surface area contributed by atoms with Crippen molar-refractivity contribution in [2.24, 2.45) is 0 Å². The maximum absolute atomic E-state index is 8.72. The molecule has 0 unspecified atom stereocenters. The SMILES string of the molecule is Cc1nc2ccc(Nc3ccc(C#N)cn3)cc2s1. The molecule has 3 rings (SSSR count). The molecule has 5 heteroatoms. The van der Waals surface area contributed by atoms with Crippen molar-refractivity contribution in [3.05, 3.63) is 47.1 Å². The van der Waals surface area contributed by atoms with Gasteiger partial charge in [-0.25, -0.2) is 9.97 Å². The fraction of sp³-hybridized carbons (Fsp3) is 0.0714. The van der Waals surface area contributed by atoms with Crippen LogP contribution in [-0.4, -0.2) is 9.97 Å². The van der Waals surface area contributed by atoms with Gasteiger partial charge in [0.15, 0.2) is 0 Å². The van der Waals surface area contributed by atoms with Crippen molar-refractivity contribution < 1.29 is 0 Å². The molecule has 0 radical (unpaired) electrons. The first-order valence-electron chi connectivity index (χ1n) is 5.75. The van der Waals surface area contributed by atoms with Gasteiger partial charge in [0.2, 0.25) is 0 Å². The van der Waals surface area contributed by atoms with Crippen molar-refractivity contribution in [2.75, 3.05) is 5.32 Å². The van der Waals surface area contributed by atoms with E-state index in [1.54, 1.807) is 29.7 Å². The summed E-state index contributed by atoms with van der Waals surface area (Å²) in [5, 5.41) is 13.0. The van der Waals surface area contributed by atoms with E-state index in [0.29, 0.717) is 5.56 Å². The van der Waals surface area contributed by atoms with Gasteiger partial charge in [-0.2, -0.15) is 5.26 Å². The van der Waals surface area contributed by atoms with E-state index in [4.69, 9.17) is 5.26 Å². The van der Waals surface area contributed by atoms with E-state index in [9.17, 15) is 0 Å². The van der Waals surface area contributed by atoms with E-state index in [-0.39, 0.29) is 0 Å². The number of anilines is 2. The van der Waals surface area contributed by atoms with Crippen LogP contribution in [0.25, 0.3) is 10.2 Å². The summed E-state index contributed by atoms with van der Waals surface area (Å²) in [5.41, 5.74) is 2.54. The lowest BCUT2D eigenvalue weighted by molar-refractivity contribution is 1.29. The van der Waals surface area contributed by atoms with Gasteiger partial charge >= 0.3 is 0 Å². The standard InChI is InChI=1S/C14H10N4S/c1-9-17-12-4-3-11(6-13(12)19-9)18-14-5-2-10(7-15)8-16-14/h2-6,8H,1H3,(H,16,18). The Labute approximate surface area is 114 Å². The molecule has 19 heavy (non-hydrogen) atoms. The molecule has 0 fully saturated rings. The van der Waals surface area contributed by atoms with Crippen molar-refractivity contribution in [1.82, 2.24) is 9.97 Å². The average Bonchev–Trinajstić information content (AvgIpc) is 2.79. The van der Waals surface area contributed by atoms with Crippen molar-refractivity contribution in [3.8, 4) is 6.07 Å². The highest BCUT2D eigenvalue weighted by molar-refractivity contribution is 7.18. The lowest BCUT2D eigenvalue weighted by atomic mass is 10.3. The molecule has 1 N–H and O–H groups in total. The molecule has 2 aromatic heterocycles. The normalized spacial score (nSPS) is 10.3. The number of aromatic nitrogens is 2. The second-order valence-electron chi connectivity index (χ2n) is 4.08. The molecular weight excluding hydrogens is 256 g/mol. The number of hydrogen-bond donors (Lipinski definition) is 1. The minimum atomic E-state index is 0.555. The van der Waals surface area contributed by atoms with Crippen LogP contribution in [-0.2, 0) is 0 Å². The number of thiazole rings is 1. The quantitative estimate of drug-likeness (QED) is 0.769. The molecule has 0 saturated carbocycles. The topological polar surface area (TPSA) is 61.6 Å². The Morgan fingerprint density at radius 2 is 2.16 bits per heavy atom. The highest BCUT2D eigenvalue weighted by Gasteiger charge is 2.02. The number of fused-ring (bicyclic) bond motifs is 1. The van der Waals surface area contributed by atoms with Gasteiger partial charge < -0.3 is 5.32 Å². The molecule has 0 atom stereocenters. The van der Waals surface area contributed by atoms with E-state index in [1.807, 2.05) is 25.1 Å². The minimum absolute atomic E-state index is 0.555. The van der Waals surface area contributed by atoms with Crippen LogP contribution in [0, 0.1) is 18.3 Å². The van der Waals surface area contributed by atoms with E-state index in [2.05, 4.69) is 21.4 Å². The number of nitrogens with one attached hydrogen (secondary N) is 1. The Morgan fingerprint density at radius 1 is 1.26 bits per heavy atom. The predicted octanol–water partition coefficient (Wildman–Crippen LogP) is 3.62. The second-order valence-corrected chi connectivity index (χ2v) is 5.32. The van der Waals surface area contributed by atoms with Gasteiger partial charge in [0.1, 0.15) is 11.9 Å². The summed E-state index contributed by atoms with van der Waals surface area (Å²) in [6.07, 6.45) is 1.55. The highest BCUT2D eigenvalue weighted by Crippen LogP contribution is 2.26. The number of hydrogen-bond acceptors (Lipinski definition) is 5. The average molecular weight is 266 g/mol. The Balaban J connectivity index is 1.89. The maximum atomic E-state index is 8.72. The van der Waals surface area contributed by atoms with Crippen LogP contribution in [0.5, 0.6) is 0 Å². The monoisotopic (exact) mass is 266 g/mol. The molecule has 0 bridgehead atoms. The van der Waals surface area contributed by atoms with Crippen LogP contribution in [0.3, 0.4) is 0 Å². The Kier molecular flexibility index (Phi) is 2.86. The van der Waals surface area contributed by atoms with Gasteiger partial charge in [0, 0.05) is 11.9 Å². The van der Waals surface area contributed by atoms with Crippen LogP contribution < -0.4 is 5.32 Å². The lowest BCUT2D eigenvalue weighted by Crippen LogP contribution is -1.93. The first kappa shape index (κ1) is 11.6. The zero-order chi connectivity index (χ0) is 13.2. The number of benzene rings is 1. The summed E-state index contributed by atoms with van der Waals surface area (Å²) in [4.78, 5) is 8.61. The fourth-order valence-corrected chi connectivity index (χ4v) is 2.67. The number of pyridine rings is 1. The molecule has 92 valence electrons. The Bertz CT molecular complexity index is 768. The lowest BCUT2D eigenvalue weighted by Gasteiger charge is -2.04. The van der Waals surface area contributed by atoms with Crippen LogP contribution in [0.1, 0.15) is 10.6 Å². The maximum Gasteiger partial charge on any atom is 0.130 e. The third-order valence-electron chi connectivity index (χ3n) is 2.66. The summed E-state index contributed by atoms with van der Waals surface area (Å²) in [6, 6.07) is 11.6. The molecule has 0 spiro atoms. The minimum Gasteiger partial charge on any atom is -0.340 e. The Morgan fingerprint density at radius 3 is 2.89 bits per heavy atom. The van der Waals surface area contributed by atoms with Crippen molar-refractivity contribution in [2.45, 2.75) is 6.92 Å². The fourth-order valence-electron chi connectivity index (χ4n) is 1.80. The molecule has 0 amide bonds. The van der Waals surface area contributed by atoms with E-state index < -0.39 is 0 Å². The predicted molar refractivity (Wildman–Crippen MR) is 76.6 cm³/mol. The summed E-state index contributed by atoms with van der Waals surface area (Å²) < 4.78 is 1.15. The molecule has 1 aromatic carbocycles. The van der Waals surface area contributed by atoms with Gasteiger partial charge in [0.05, 0.1) is 20.8 Å². The summed E-state index contributed by atoms with van der Waals surface area (Å²) in [5.74, 6) is 0.722. The second kappa shape index (κ2) is 4.67. The third-order valence-corrected chi connectivity index (χ3v) is 3.59. The van der Waals surface area contributed by atoms with Gasteiger partial charge in [-0.05, 0) is 37.3 Å². The van der Waals surface area contributed by atoms with Crippen molar-refractivity contribution in [3.63, 3.8) is 0 Å². The molecule has 2 heterocycles. The van der Waals surface area contributed by atoms with Crippen molar-refractivity contribution in [1.29, 1.82) is 5.26 Å². The summed E-state index contributed by atoms with van der Waals surface area (Å²) >= 11 is 1.67. The number of aryl methyl sites for hydroxylation is 1. The van der Waals surface area contributed by atoms with E-state index >= 15 is 0 Å². The highest BCUT2D eigenvalue weighted by atomic mass is 32.1. The first-order chi connectivity index (χ1) is 9.24. The van der Waals surface area contributed by atoms with Gasteiger partial charge in [-0.1, -0.05) is 0 Å². The smallest absolute Gasteiger partial charge is 0.130 e. The summed E-state index contributed by atoms with van der Waals surface area (Å²) in [6.45, 7) is 2.00. The zero-order valence-electron chi connectivity index (χ0n) is 10.2. The molecule has 4 nitrogen and oxygen atoms in total. The molecule has 0 aliphatic rings. The van der Waals surface area contributed by atoms with Crippen molar-refractivity contribution >= 4 is 33.1 Å². The van der Waals surface area contributed by atoms with Gasteiger partial charge in [-0.15, -0.1) is 11.3 Å². The molecular formula is C14H10N4S. The number of nitrogens with zero attached hydrogens (tertiary/aromatic N) is 3. The van der Waals surface area contributed by atoms with E-state index in [0.717, 1.165) is 26.7 Å². The van der Waals surface area contributed by atoms with Gasteiger partial charge in [0.25, 0.3) is 0 Å². The van der Waals surface area contributed by atoms with E-state index in [1.165, 1.54) is 0 Å². The molecule has 0 aliphatic heterocycles. The largest absolute Gasteiger partial charge is 0.340 e. The molecule has 0 saturated heterocycles. The third kappa shape index (κ3) is 2.39. The Hall–Kier alpha value is -2.45.